The minimum absolute atomic E-state index is 0.226. The monoisotopic (exact) mass is 317 g/mol. The number of nitrogens with zero attached hydrogens (tertiary/aromatic N) is 2. The number of anilines is 1. The summed E-state index contributed by atoms with van der Waals surface area (Å²) >= 11 is 0. The number of benzene rings is 3. The van der Waals surface area contributed by atoms with Gasteiger partial charge in [-0.1, -0.05) is 42.5 Å². The van der Waals surface area contributed by atoms with Crippen molar-refractivity contribution in [3.63, 3.8) is 0 Å². The average Bonchev–Trinajstić information content (AvgIpc) is 3.09. The molecule has 1 heterocycles. The molecule has 0 atom stereocenters. The molecule has 0 saturated carbocycles. The van der Waals surface area contributed by atoms with Gasteiger partial charge in [-0.05, 0) is 40.6 Å². The van der Waals surface area contributed by atoms with E-state index in [1.54, 1.807) is 18.3 Å². The van der Waals surface area contributed by atoms with Crippen LogP contribution in [0.2, 0.25) is 0 Å². The lowest BCUT2D eigenvalue weighted by atomic mass is 10.1. The maximum Gasteiger partial charge on any atom is 0.207 e. The molecular formula is C20H16FN3. The Balaban J connectivity index is 1.60. The summed E-state index contributed by atoms with van der Waals surface area (Å²) in [5.41, 5.74) is 2.05. The van der Waals surface area contributed by atoms with Crippen molar-refractivity contribution >= 4 is 16.7 Å². The first-order valence-corrected chi connectivity index (χ1v) is 7.80. The van der Waals surface area contributed by atoms with E-state index < -0.39 is 0 Å². The fourth-order valence-corrected chi connectivity index (χ4v) is 2.75. The molecule has 0 fully saturated rings. The quantitative estimate of drug-likeness (QED) is 0.587. The third-order valence-corrected chi connectivity index (χ3v) is 4.02. The number of nitrogens with one attached hydrogen (secondary N) is 1. The van der Waals surface area contributed by atoms with E-state index in [9.17, 15) is 4.39 Å². The molecule has 118 valence electrons. The van der Waals surface area contributed by atoms with Crippen LogP contribution in [0.1, 0.15) is 5.56 Å². The lowest BCUT2D eigenvalue weighted by Crippen LogP contribution is -2.06. The highest BCUT2D eigenvalue weighted by atomic mass is 19.1. The van der Waals surface area contributed by atoms with Crippen LogP contribution in [0, 0.1) is 5.82 Å². The Morgan fingerprint density at radius 1 is 0.917 bits per heavy atom. The molecule has 0 amide bonds. The molecule has 3 aromatic carbocycles. The first-order valence-electron chi connectivity index (χ1n) is 7.80. The lowest BCUT2D eigenvalue weighted by molar-refractivity contribution is 0.627. The maximum atomic E-state index is 13.0. The number of hydrogen-bond donors (Lipinski definition) is 1. The molecule has 0 saturated heterocycles. The summed E-state index contributed by atoms with van der Waals surface area (Å²) in [7, 11) is 0. The summed E-state index contributed by atoms with van der Waals surface area (Å²) in [4.78, 5) is 4.38. The Morgan fingerprint density at radius 2 is 1.71 bits per heavy atom. The smallest absolute Gasteiger partial charge is 0.207 e. The molecule has 24 heavy (non-hydrogen) atoms. The minimum Gasteiger partial charge on any atom is -0.351 e. The van der Waals surface area contributed by atoms with E-state index in [1.165, 1.54) is 22.9 Å². The molecule has 0 aliphatic rings. The van der Waals surface area contributed by atoms with Crippen molar-refractivity contribution in [3.8, 4) is 5.69 Å². The SMILES string of the molecule is Fc1ccc(CNc2nccn2-c2ccc3ccccc3c2)cc1. The summed E-state index contributed by atoms with van der Waals surface area (Å²) in [5.74, 6) is 0.533. The summed E-state index contributed by atoms with van der Waals surface area (Å²) in [6.07, 6.45) is 3.69. The van der Waals surface area contributed by atoms with Crippen LogP contribution in [0.15, 0.2) is 79.1 Å². The van der Waals surface area contributed by atoms with Gasteiger partial charge in [0.15, 0.2) is 0 Å². The van der Waals surface area contributed by atoms with Gasteiger partial charge in [-0.25, -0.2) is 9.37 Å². The standard InChI is InChI=1S/C20H16FN3/c21-18-8-5-15(6-9-18)14-23-20-22-11-12-24(20)19-10-7-16-3-1-2-4-17(16)13-19/h1-13H,14H2,(H,22,23). The molecule has 4 aromatic rings. The van der Waals surface area contributed by atoms with Crippen LogP contribution in [-0.2, 0) is 6.54 Å². The van der Waals surface area contributed by atoms with Crippen LogP contribution in [-0.4, -0.2) is 9.55 Å². The third kappa shape index (κ3) is 2.86. The Kier molecular flexibility index (Phi) is 3.71. The van der Waals surface area contributed by atoms with E-state index in [-0.39, 0.29) is 5.82 Å². The van der Waals surface area contributed by atoms with Crippen LogP contribution >= 0.6 is 0 Å². The highest BCUT2D eigenvalue weighted by Crippen LogP contribution is 2.21. The van der Waals surface area contributed by atoms with E-state index in [2.05, 4.69) is 40.6 Å². The normalized spacial score (nSPS) is 10.9. The number of imidazole rings is 1. The molecule has 4 heteroatoms. The number of fused-ring (bicyclic) bond motifs is 1. The average molecular weight is 317 g/mol. The largest absolute Gasteiger partial charge is 0.351 e. The van der Waals surface area contributed by atoms with E-state index in [0.717, 1.165) is 17.2 Å². The second-order valence-corrected chi connectivity index (χ2v) is 5.63. The molecule has 1 aromatic heterocycles. The fraction of sp³-hybridized carbons (Fsp3) is 0.0500. The molecule has 0 aliphatic carbocycles. The van der Waals surface area contributed by atoms with Gasteiger partial charge in [-0.2, -0.15) is 0 Å². The van der Waals surface area contributed by atoms with Crippen LogP contribution in [0.5, 0.6) is 0 Å². The van der Waals surface area contributed by atoms with Gasteiger partial charge in [0.2, 0.25) is 5.95 Å². The van der Waals surface area contributed by atoms with Crippen LogP contribution in [0.25, 0.3) is 16.5 Å². The number of aromatic nitrogens is 2. The first kappa shape index (κ1) is 14.5. The van der Waals surface area contributed by atoms with Crippen molar-refractivity contribution in [2.45, 2.75) is 6.54 Å². The van der Waals surface area contributed by atoms with Gasteiger partial charge in [0.25, 0.3) is 0 Å². The van der Waals surface area contributed by atoms with Gasteiger partial charge in [-0.3, -0.25) is 4.57 Å². The van der Waals surface area contributed by atoms with Gasteiger partial charge in [0.05, 0.1) is 0 Å². The van der Waals surface area contributed by atoms with E-state index in [1.807, 2.05) is 22.9 Å². The number of hydrogen-bond acceptors (Lipinski definition) is 2. The Hall–Kier alpha value is -3.14. The molecular weight excluding hydrogens is 301 g/mol. The van der Waals surface area contributed by atoms with Gasteiger partial charge >= 0.3 is 0 Å². The highest BCUT2D eigenvalue weighted by Gasteiger charge is 2.05. The second kappa shape index (κ2) is 6.16. The van der Waals surface area contributed by atoms with Gasteiger partial charge < -0.3 is 5.32 Å². The van der Waals surface area contributed by atoms with Crippen molar-refractivity contribution in [1.82, 2.24) is 9.55 Å². The van der Waals surface area contributed by atoms with E-state index in [4.69, 9.17) is 0 Å². The molecule has 0 spiro atoms. The second-order valence-electron chi connectivity index (χ2n) is 5.63. The molecule has 3 nitrogen and oxygen atoms in total. The van der Waals surface area contributed by atoms with Crippen LogP contribution in [0.4, 0.5) is 10.3 Å². The van der Waals surface area contributed by atoms with E-state index in [0.29, 0.717) is 6.54 Å². The topological polar surface area (TPSA) is 29.9 Å². The van der Waals surface area contributed by atoms with Crippen molar-refractivity contribution in [2.75, 3.05) is 5.32 Å². The minimum atomic E-state index is -0.226. The van der Waals surface area contributed by atoms with Crippen molar-refractivity contribution in [1.29, 1.82) is 0 Å². The van der Waals surface area contributed by atoms with Gasteiger partial charge in [0.1, 0.15) is 5.82 Å². The molecule has 1 N–H and O–H groups in total. The zero-order chi connectivity index (χ0) is 16.4. The highest BCUT2D eigenvalue weighted by molar-refractivity contribution is 5.84. The number of rotatable bonds is 4. The summed E-state index contributed by atoms with van der Waals surface area (Å²) < 4.78 is 15.0. The summed E-state index contributed by atoms with van der Waals surface area (Å²) in [6, 6.07) is 21.1. The van der Waals surface area contributed by atoms with Gasteiger partial charge in [-0.15, -0.1) is 0 Å². The summed E-state index contributed by atoms with van der Waals surface area (Å²) in [6.45, 7) is 0.588. The number of halogens is 1. The Bertz CT molecular complexity index is 974. The fourth-order valence-electron chi connectivity index (χ4n) is 2.75. The summed E-state index contributed by atoms with van der Waals surface area (Å²) in [5, 5.41) is 5.70. The molecule has 0 radical (unpaired) electrons. The van der Waals surface area contributed by atoms with E-state index >= 15 is 0 Å². The molecule has 4 rings (SSSR count). The maximum absolute atomic E-state index is 13.0. The predicted octanol–water partition coefficient (Wildman–Crippen LogP) is 4.78. The zero-order valence-electron chi connectivity index (χ0n) is 13.0. The first-order chi connectivity index (χ1) is 11.8. The van der Waals surface area contributed by atoms with Crippen LogP contribution in [0.3, 0.4) is 0 Å². The third-order valence-electron chi connectivity index (χ3n) is 4.02. The van der Waals surface area contributed by atoms with Gasteiger partial charge in [0, 0.05) is 24.6 Å². The van der Waals surface area contributed by atoms with Crippen LogP contribution < -0.4 is 5.32 Å². The Labute approximate surface area is 139 Å². The van der Waals surface area contributed by atoms with Crippen molar-refractivity contribution in [3.05, 3.63) is 90.5 Å². The zero-order valence-corrected chi connectivity index (χ0v) is 13.0. The molecule has 0 unspecified atom stereocenters. The van der Waals surface area contributed by atoms with Crippen molar-refractivity contribution in [2.24, 2.45) is 0 Å². The lowest BCUT2D eigenvalue weighted by Gasteiger charge is -2.11. The van der Waals surface area contributed by atoms with Crippen molar-refractivity contribution < 1.29 is 4.39 Å². The predicted molar refractivity (Wildman–Crippen MR) is 94.8 cm³/mol. The Morgan fingerprint density at radius 3 is 2.54 bits per heavy atom. The molecule has 0 bridgehead atoms. The molecule has 0 aliphatic heterocycles.